The van der Waals surface area contributed by atoms with Gasteiger partial charge in [0.15, 0.2) is 0 Å². The van der Waals surface area contributed by atoms with E-state index in [1.165, 1.54) is 9.47 Å². The average molecular weight is 387 g/mol. The third-order valence-electron chi connectivity index (χ3n) is 6.47. The van der Waals surface area contributed by atoms with Gasteiger partial charge in [-0.25, -0.2) is 4.79 Å². The van der Waals surface area contributed by atoms with Crippen LogP contribution in [-0.2, 0) is 19.1 Å². The van der Waals surface area contributed by atoms with E-state index in [4.69, 9.17) is 5.11 Å². The maximum absolute atomic E-state index is 13.0. The van der Waals surface area contributed by atoms with Crippen LogP contribution in [0.5, 0.6) is 0 Å². The molecular weight excluding hydrogens is 363 g/mol. The van der Waals surface area contributed by atoms with Crippen LogP contribution in [0.25, 0.3) is 0 Å². The first kappa shape index (κ1) is 18.5. The van der Waals surface area contributed by atoms with Crippen molar-refractivity contribution in [2.75, 3.05) is 32.7 Å². The molecule has 0 aliphatic carbocycles. The highest BCUT2D eigenvalue weighted by atomic mass is 19.4. The van der Waals surface area contributed by atoms with Crippen molar-refractivity contribution in [2.45, 2.75) is 44.8 Å². The fourth-order valence-electron chi connectivity index (χ4n) is 4.84. The molecule has 0 unspecified atom stereocenters. The smallest absolute Gasteiger partial charge is 0.451 e. The Kier molecular flexibility index (Phi) is 4.56. The number of aromatic nitrogens is 3. The van der Waals surface area contributed by atoms with Crippen LogP contribution >= 0.6 is 0 Å². The SMILES string of the molecule is O=C(O)N1CC[C@@H](CN2CCC3(CC2)CCn2c(nnc2C(F)(F)F)C3)C1. The monoisotopic (exact) mass is 387 g/mol. The minimum atomic E-state index is -4.45. The van der Waals surface area contributed by atoms with Crippen molar-refractivity contribution < 1.29 is 23.1 Å². The van der Waals surface area contributed by atoms with Crippen LogP contribution in [0.3, 0.4) is 0 Å². The third-order valence-corrected chi connectivity index (χ3v) is 6.47. The molecule has 1 aromatic rings. The van der Waals surface area contributed by atoms with Crippen molar-refractivity contribution in [3.8, 4) is 0 Å². The Morgan fingerprint density at radius 3 is 2.48 bits per heavy atom. The summed E-state index contributed by atoms with van der Waals surface area (Å²) in [6.07, 6.45) is -1.24. The van der Waals surface area contributed by atoms with Crippen LogP contribution in [0.4, 0.5) is 18.0 Å². The molecule has 2 saturated heterocycles. The number of carbonyl (C=O) groups is 1. The zero-order valence-electron chi connectivity index (χ0n) is 15.1. The zero-order valence-corrected chi connectivity index (χ0v) is 15.1. The van der Waals surface area contributed by atoms with Gasteiger partial charge in [0.1, 0.15) is 5.82 Å². The number of carboxylic acid groups (broad SMARTS) is 1. The van der Waals surface area contributed by atoms with E-state index in [2.05, 4.69) is 15.1 Å². The zero-order chi connectivity index (χ0) is 19.2. The molecule has 1 aromatic heterocycles. The number of likely N-dealkylation sites (tertiary alicyclic amines) is 2. The number of halogens is 3. The predicted octanol–water partition coefficient (Wildman–Crippen LogP) is 2.33. The van der Waals surface area contributed by atoms with Gasteiger partial charge in [-0.15, -0.1) is 10.2 Å². The predicted molar refractivity (Wildman–Crippen MR) is 89.2 cm³/mol. The van der Waals surface area contributed by atoms with E-state index in [-0.39, 0.29) is 5.41 Å². The molecule has 4 rings (SSSR count). The van der Waals surface area contributed by atoms with Gasteiger partial charge in [-0.2, -0.15) is 13.2 Å². The van der Waals surface area contributed by atoms with E-state index in [1.807, 2.05) is 0 Å². The van der Waals surface area contributed by atoms with E-state index < -0.39 is 18.1 Å². The number of hydrogen-bond donors (Lipinski definition) is 1. The fraction of sp³-hybridized carbons (Fsp3) is 0.824. The topological polar surface area (TPSA) is 74.5 Å². The van der Waals surface area contributed by atoms with Gasteiger partial charge in [0.25, 0.3) is 0 Å². The second-order valence-corrected chi connectivity index (χ2v) is 8.20. The molecular formula is C17H24F3N5O2. The van der Waals surface area contributed by atoms with Crippen LogP contribution in [0.15, 0.2) is 0 Å². The van der Waals surface area contributed by atoms with E-state index in [0.717, 1.165) is 45.3 Å². The Morgan fingerprint density at radius 2 is 1.85 bits per heavy atom. The highest BCUT2D eigenvalue weighted by molar-refractivity contribution is 5.65. The highest BCUT2D eigenvalue weighted by Gasteiger charge is 2.44. The summed E-state index contributed by atoms with van der Waals surface area (Å²) in [7, 11) is 0. The number of nitrogens with zero attached hydrogens (tertiary/aromatic N) is 5. The van der Waals surface area contributed by atoms with Crippen LogP contribution in [0, 0.1) is 11.3 Å². The molecule has 7 nitrogen and oxygen atoms in total. The van der Waals surface area contributed by atoms with Gasteiger partial charge in [-0.05, 0) is 50.1 Å². The van der Waals surface area contributed by atoms with Crippen molar-refractivity contribution in [3.05, 3.63) is 11.6 Å². The lowest BCUT2D eigenvalue weighted by Gasteiger charge is -2.44. The van der Waals surface area contributed by atoms with Gasteiger partial charge in [-0.1, -0.05) is 0 Å². The van der Waals surface area contributed by atoms with Crippen molar-refractivity contribution >= 4 is 6.09 Å². The molecule has 1 amide bonds. The van der Waals surface area contributed by atoms with Crippen LogP contribution < -0.4 is 0 Å². The van der Waals surface area contributed by atoms with Gasteiger partial charge in [0, 0.05) is 32.6 Å². The molecule has 0 radical (unpaired) electrons. The maximum atomic E-state index is 13.0. The van der Waals surface area contributed by atoms with E-state index in [9.17, 15) is 18.0 Å². The first-order chi connectivity index (χ1) is 12.8. The summed E-state index contributed by atoms with van der Waals surface area (Å²) < 4.78 is 40.2. The minimum absolute atomic E-state index is 0.0190. The summed E-state index contributed by atoms with van der Waals surface area (Å²) in [5.74, 6) is -0.0529. The van der Waals surface area contributed by atoms with Crippen molar-refractivity contribution in [2.24, 2.45) is 11.3 Å². The van der Waals surface area contributed by atoms with Gasteiger partial charge in [0.05, 0.1) is 0 Å². The minimum Gasteiger partial charge on any atom is -0.465 e. The lowest BCUT2D eigenvalue weighted by molar-refractivity contribution is -0.148. The number of amides is 1. The maximum Gasteiger partial charge on any atom is 0.451 e. The molecule has 4 heterocycles. The molecule has 3 aliphatic rings. The summed E-state index contributed by atoms with van der Waals surface area (Å²) in [4.78, 5) is 14.9. The molecule has 2 fully saturated rings. The second kappa shape index (κ2) is 6.65. The first-order valence-corrected chi connectivity index (χ1v) is 9.45. The van der Waals surface area contributed by atoms with Gasteiger partial charge >= 0.3 is 12.3 Å². The molecule has 0 bridgehead atoms. The quantitative estimate of drug-likeness (QED) is 0.843. The normalized spacial score (nSPS) is 25.7. The molecule has 1 N–H and O–H groups in total. The van der Waals surface area contributed by atoms with E-state index in [0.29, 0.717) is 37.8 Å². The molecule has 10 heteroatoms. The van der Waals surface area contributed by atoms with Gasteiger partial charge < -0.3 is 19.5 Å². The lowest BCUT2D eigenvalue weighted by Crippen LogP contribution is -2.45. The second-order valence-electron chi connectivity index (χ2n) is 8.20. The van der Waals surface area contributed by atoms with Gasteiger partial charge in [0.2, 0.25) is 5.82 Å². The molecule has 1 spiro atoms. The molecule has 3 aliphatic heterocycles. The van der Waals surface area contributed by atoms with Crippen molar-refractivity contribution in [3.63, 3.8) is 0 Å². The molecule has 150 valence electrons. The van der Waals surface area contributed by atoms with Crippen molar-refractivity contribution in [1.29, 1.82) is 0 Å². The summed E-state index contributed by atoms with van der Waals surface area (Å²) in [6, 6.07) is 0. The van der Waals surface area contributed by atoms with Crippen molar-refractivity contribution in [1.82, 2.24) is 24.6 Å². The van der Waals surface area contributed by atoms with Crippen LogP contribution in [-0.4, -0.2) is 68.5 Å². The number of piperidine rings is 1. The van der Waals surface area contributed by atoms with E-state index >= 15 is 0 Å². The number of alkyl halides is 3. The molecule has 27 heavy (non-hydrogen) atoms. The Morgan fingerprint density at radius 1 is 1.15 bits per heavy atom. The largest absolute Gasteiger partial charge is 0.465 e. The highest BCUT2D eigenvalue weighted by Crippen LogP contribution is 2.43. The summed E-state index contributed by atoms with van der Waals surface area (Å²) in [6.45, 7) is 4.24. The standard InChI is InChI=1S/C17H24F3N5O2/c18-17(19,20)14-22-21-13-9-16(4-8-25(13)14)2-6-23(7-3-16)10-12-1-5-24(11-12)15(26)27/h12H,1-11H2,(H,26,27)/t12-/m0/s1. The average Bonchev–Trinajstić information content (AvgIpc) is 3.23. The molecule has 0 aromatic carbocycles. The summed E-state index contributed by atoms with van der Waals surface area (Å²) in [5.41, 5.74) is 0.0190. The Bertz CT molecular complexity index is 712. The third kappa shape index (κ3) is 3.63. The fourth-order valence-corrected chi connectivity index (χ4v) is 4.84. The Labute approximate surface area is 155 Å². The Balaban J connectivity index is 1.33. The Hall–Kier alpha value is -1.84. The molecule has 0 saturated carbocycles. The van der Waals surface area contributed by atoms with Crippen LogP contribution in [0.1, 0.15) is 37.3 Å². The number of rotatable bonds is 2. The number of fused-ring (bicyclic) bond motifs is 1. The van der Waals surface area contributed by atoms with E-state index in [1.54, 1.807) is 0 Å². The summed E-state index contributed by atoms with van der Waals surface area (Å²) in [5, 5.41) is 16.3. The lowest BCUT2D eigenvalue weighted by atomic mass is 9.71. The molecule has 1 atom stereocenters. The van der Waals surface area contributed by atoms with Gasteiger partial charge in [-0.3, -0.25) is 0 Å². The van der Waals surface area contributed by atoms with Crippen LogP contribution in [0.2, 0.25) is 0 Å². The first-order valence-electron chi connectivity index (χ1n) is 9.45. The number of hydrogen-bond acceptors (Lipinski definition) is 4. The summed E-state index contributed by atoms with van der Waals surface area (Å²) >= 11 is 0.